The molecular weight excluding hydrogens is 284 g/mol. The van der Waals surface area contributed by atoms with Crippen molar-refractivity contribution in [2.75, 3.05) is 26.2 Å². The van der Waals surface area contributed by atoms with Crippen LogP contribution in [0.25, 0.3) is 0 Å². The molecule has 0 bridgehead atoms. The Morgan fingerprint density at radius 3 is 2.86 bits per heavy atom. The minimum Gasteiger partial charge on any atom is -0.338 e. The van der Waals surface area contributed by atoms with E-state index in [0.29, 0.717) is 10.4 Å². The lowest BCUT2D eigenvalue weighted by molar-refractivity contribution is 0.0433. The lowest BCUT2D eigenvalue weighted by Gasteiger charge is -2.45. The van der Waals surface area contributed by atoms with Crippen LogP contribution < -0.4 is 5.32 Å². The van der Waals surface area contributed by atoms with E-state index in [1.807, 2.05) is 30.0 Å². The number of likely N-dealkylation sites (tertiary alicyclic amines) is 1. The van der Waals surface area contributed by atoms with Crippen LogP contribution in [-0.2, 0) is 0 Å². The van der Waals surface area contributed by atoms with Crippen molar-refractivity contribution in [2.45, 2.75) is 32.6 Å². The van der Waals surface area contributed by atoms with Crippen LogP contribution in [0.4, 0.5) is 0 Å². The van der Waals surface area contributed by atoms with Gasteiger partial charge in [-0.3, -0.25) is 4.79 Å². The molecule has 0 aromatic heterocycles. The van der Waals surface area contributed by atoms with Crippen LogP contribution in [0.1, 0.15) is 41.6 Å². The number of benzene rings is 1. The van der Waals surface area contributed by atoms with Crippen LogP contribution in [0.3, 0.4) is 0 Å². The van der Waals surface area contributed by atoms with Crippen molar-refractivity contribution in [1.29, 1.82) is 0 Å². The average molecular weight is 307 g/mol. The number of carbonyl (C=O) groups excluding carboxylic acids is 1. The molecule has 21 heavy (non-hydrogen) atoms. The second-order valence-electron chi connectivity index (χ2n) is 6.57. The molecule has 1 aromatic carbocycles. The fraction of sp³-hybridized carbons (Fsp3) is 0.588. The third-order valence-corrected chi connectivity index (χ3v) is 5.16. The molecule has 2 aliphatic rings. The summed E-state index contributed by atoms with van der Waals surface area (Å²) in [5.74, 6) is 0.161. The molecule has 1 N–H and O–H groups in total. The maximum atomic E-state index is 12.8. The zero-order valence-electron chi connectivity index (χ0n) is 12.6. The largest absolute Gasteiger partial charge is 0.338 e. The van der Waals surface area contributed by atoms with Gasteiger partial charge in [0.15, 0.2) is 0 Å². The first-order chi connectivity index (χ1) is 10.1. The van der Waals surface area contributed by atoms with Crippen LogP contribution in [-0.4, -0.2) is 37.0 Å². The standard InChI is InChI=1S/C17H23ClN2O/c1-13-10-14(18)4-5-15(13)16(21)20-9-3-7-17(12-20)6-2-8-19-11-17/h4-5,10,19H,2-3,6-9,11-12H2,1H3. The van der Waals surface area contributed by atoms with Gasteiger partial charge in [-0.25, -0.2) is 0 Å². The van der Waals surface area contributed by atoms with E-state index in [2.05, 4.69) is 5.32 Å². The van der Waals surface area contributed by atoms with Gasteiger partial charge in [0.25, 0.3) is 5.91 Å². The molecule has 1 amide bonds. The van der Waals surface area contributed by atoms with Gasteiger partial charge in [0.1, 0.15) is 0 Å². The Bertz CT molecular complexity index is 532. The number of amides is 1. The van der Waals surface area contributed by atoms with Crippen LogP contribution in [0, 0.1) is 12.3 Å². The molecule has 1 spiro atoms. The minimum absolute atomic E-state index is 0.161. The Morgan fingerprint density at radius 2 is 2.14 bits per heavy atom. The summed E-state index contributed by atoms with van der Waals surface area (Å²) in [6.07, 6.45) is 4.81. The second-order valence-corrected chi connectivity index (χ2v) is 7.01. The Labute approximate surface area is 131 Å². The summed E-state index contributed by atoms with van der Waals surface area (Å²) in [6, 6.07) is 5.54. The summed E-state index contributed by atoms with van der Waals surface area (Å²) >= 11 is 5.99. The Hall–Kier alpha value is -1.06. The first-order valence-corrected chi connectivity index (χ1v) is 8.24. The van der Waals surface area contributed by atoms with Gasteiger partial charge in [-0.2, -0.15) is 0 Å². The molecule has 4 heteroatoms. The normalized spacial score (nSPS) is 26.1. The van der Waals surface area contributed by atoms with E-state index in [1.54, 1.807) is 0 Å². The molecule has 1 aromatic rings. The number of halogens is 1. The summed E-state index contributed by atoms with van der Waals surface area (Å²) in [4.78, 5) is 14.9. The third kappa shape index (κ3) is 3.09. The lowest BCUT2D eigenvalue weighted by atomic mass is 9.74. The number of carbonyl (C=O) groups is 1. The number of hydrogen-bond donors (Lipinski definition) is 1. The topological polar surface area (TPSA) is 32.3 Å². The fourth-order valence-corrected chi connectivity index (χ4v) is 4.02. The molecule has 1 atom stereocenters. The van der Waals surface area contributed by atoms with Crippen molar-refractivity contribution in [3.63, 3.8) is 0 Å². The predicted octanol–water partition coefficient (Wildman–Crippen LogP) is 3.25. The van der Waals surface area contributed by atoms with Crippen LogP contribution in [0.5, 0.6) is 0 Å². The molecule has 2 saturated heterocycles. The first-order valence-electron chi connectivity index (χ1n) is 7.86. The highest BCUT2D eigenvalue weighted by atomic mass is 35.5. The number of hydrogen-bond acceptors (Lipinski definition) is 2. The first kappa shape index (κ1) is 14.9. The average Bonchev–Trinajstić information content (AvgIpc) is 2.47. The molecule has 2 fully saturated rings. The van der Waals surface area contributed by atoms with Crippen molar-refractivity contribution in [3.05, 3.63) is 34.3 Å². The van der Waals surface area contributed by atoms with E-state index >= 15 is 0 Å². The summed E-state index contributed by atoms with van der Waals surface area (Å²) in [6.45, 7) is 5.90. The molecule has 114 valence electrons. The van der Waals surface area contributed by atoms with Gasteiger partial charge < -0.3 is 10.2 Å². The number of aryl methyl sites for hydroxylation is 1. The van der Waals surface area contributed by atoms with Gasteiger partial charge in [0, 0.05) is 35.6 Å². The van der Waals surface area contributed by atoms with E-state index in [-0.39, 0.29) is 5.91 Å². The van der Waals surface area contributed by atoms with Crippen molar-refractivity contribution < 1.29 is 4.79 Å². The molecule has 2 aliphatic heterocycles. The Morgan fingerprint density at radius 1 is 1.33 bits per heavy atom. The summed E-state index contributed by atoms with van der Waals surface area (Å²) < 4.78 is 0. The molecule has 3 nitrogen and oxygen atoms in total. The Balaban J connectivity index is 1.77. The predicted molar refractivity (Wildman–Crippen MR) is 85.9 cm³/mol. The Kier molecular flexibility index (Phi) is 4.23. The zero-order chi connectivity index (χ0) is 14.9. The smallest absolute Gasteiger partial charge is 0.254 e. The lowest BCUT2D eigenvalue weighted by Crippen LogP contribution is -2.52. The highest BCUT2D eigenvalue weighted by Crippen LogP contribution is 2.36. The molecule has 0 saturated carbocycles. The molecule has 3 rings (SSSR count). The molecular formula is C17H23ClN2O. The second kappa shape index (κ2) is 5.98. The highest BCUT2D eigenvalue weighted by molar-refractivity contribution is 6.30. The minimum atomic E-state index is 0.161. The van der Waals surface area contributed by atoms with E-state index in [1.165, 1.54) is 19.3 Å². The molecule has 1 unspecified atom stereocenters. The maximum absolute atomic E-state index is 12.8. The summed E-state index contributed by atoms with van der Waals surface area (Å²) in [5.41, 5.74) is 2.06. The highest BCUT2D eigenvalue weighted by Gasteiger charge is 2.38. The van der Waals surface area contributed by atoms with Crippen molar-refractivity contribution in [1.82, 2.24) is 10.2 Å². The number of rotatable bonds is 1. The maximum Gasteiger partial charge on any atom is 0.254 e. The van der Waals surface area contributed by atoms with Gasteiger partial charge in [-0.05, 0) is 62.9 Å². The van der Waals surface area contributed by atoms with E-state index in [4.69, 9.17) is 11.6 Å². The molecule has 2 heterocycles. The summed E-state index contributed by atoms with van der Waals surface area (Å²) in [7, 11) is 0. The van der Waals surface area contributed by atoms with Gasteiger partial charge in [0.05, 0.1) is 0 Å². The van der Waals surface area contributed by atoms with E-state index in [0.717, 1.165) is 43.7 Å². The van der Waals surface area contributed by atoms with E-state index < -0.39 is 0 Å². The number of nitrogens with one attached hydrogen (secondary N) is 1. The SMILES string of the molecule is Cc1cc(Cl)ccc1C(=O)N1CCCC2(CCCNC2)C1. The zero-order valence-corrected chi connectivity index (χ0v) is 13.4. The van der Waals surface area contributed by atoms with Gasteiger partial charge in [-0.15, -0.1) is 0 Å². The monoisotopic (exact) mass is 306 g/mol. The molecule has 0 radical (unpaired) electrons. The fourth-order valence-electron chi connectivity index (χ4n) is 3.80. The molecule has 0 aliphatic carbocycles. The quantitative estimate of drug-likeness (QED) is 0.864. The van der Waals surface area contributed by atoms with Crippen LogP contribution >= 0.6 is 11.6 Å². The van der Waals surface area contributed by atoms with Crippen molar-refractivity contribution in [2.24, 2.45) is 5.41 Å². The van der Waals surface area contributed by atoms with Crippen molar-refractivity contribution >= 4 is 17.5 Å². The van der Waals surface area contributed by atoms with Crippen LogP contribution in [0.2, 0.25) is 5.02 Å². The van der Waals surface area contributed by atoms with Crippen molar-refractivity contribution in [3.8, 4) is 0 Å². The van der Waals surface area contributed by atoms with Gasteiger partial charge in [0.2, 0.25) is 0 Å². The number of nitrogens with zero attached hydrogens (tertiary/aromatic N) is 1. The van der Waals surface area contributed by atoms with Gasteiger partial charge >= 0.3 is 0 Å². The van der Waals surface area contributed by atoms with Gasteiger partial charge in [-0.1, -0.05) is 11.6 Å². The summed E-state index contributed by atoms with van der Waals surface area (Å²) in [5, 5.41) is 4.20. The van der Waals surface area contributed by atoms with E-state index in [9.17, 15) is 4.79 Å². The number of piperidine rings is 2. The third-order valence-electron chi connectivity index (χ3n) is 4.93. The van der Waals surface area contributed by atoms with Crippen LogP contribution in [0.15, 0.2) is 18.2 Å².